The van der Waals surface area contributed by atoms with E-state index < -0.39 is 0 Å². The maximum Gasteiger partial charge on any atom is 0.226 e. The first-order valence-corrected chi connectivity index (χ1v) is 7.69. The van der Waals surface area contributed by atoms with Gasteiger partial charge in [0.25, 0.3) is 0 Å². The molecule has 0 saturated carbocycles. The molecule has 2 aromatic heterocycles. The van der Waals surface area contributed by atoms with Gasteiger partial charge in [0.2, 0.25) is 11.7 Å². The molecular formula is C13H15BN5O2S. The van der Waals surface area contributed by atoms with Crippen LogP contribution in [0.1, 0.15) is 17.7 Å². The van der Waals surface area contributed by atoms with E-state index in [4.69, 9.17) is 6.07 Å². The number of amides is 1. The first-order valence-electron chi connectivity index (χ1n) is 7.45. The fraction of sp³-hybridized carbons (Fsp3) is 0.385. The molecule has 1 unspecified atom stereocenters. The van der Waals surface area contributed by atoms with Gasteiger partial charge in [-0.2, -0.15) is 5.21 Å². The first kappa shape index (κ1) is 13.7. The number of ether oxygens (including phenoxy) is 1. The molecule has 1 N–H and O–H groups in total. The maximum absolute atomic E-state index is 11.8. The molecule has 1 atom stereocenters. The van der Waals surface area contributed by atoms with E-state index in [-0.39, 0.29) is 11.9 Å². The fourth-order valence-electron chi connectivity index (χ4n) is 2.36. The number of aromatic nitrogens is 4. The summed E-state index contributed by atoms with van der Waals surface area (Å²) in [4.78, 5) is 15.4. The van der Waals surface area contributed by atoms with Crippen molar-refractivity contribution in [2.24, 2.45) is 0 Å². The van der Waals surface area contributed by atoms with Crippen LogP contribution in [-0.2, 0) is 16.1 Å². The Labute approximate surface area is 134 Å². The minimum absolute atomic E-state index is 0.0374. The Bertz CT molecular complexity index is 678. The van der Waals surface area contributed by atoms with Gasteiger partial charge in [-0.15, -0.1) is 27.5 Å². The molecule has 7 nitrogen and oxygen atoms in total. The van der Waals surface area contributed by atoms with E-state index in [1.165, 1.54) is 0 Å². The predicted molar refractivity (Wildman–Crippen MR) is 83.3 cm³/mol. The van der Waals surface area contributed by atoms with Crippen molar-refractivity contribution in [3.8, 4) is 10.7 Å². The summed E-state index contributed by atoms with van der Waals surface area (Å²) < 4.78 is 12.8. The van der Waals surface area contributed by atoms with Crippen LogP contribution in [0.25, 0.3) is 10.7 Å². The van der Waals surface area contributed by atoms with Crippen LogP contribution in [0.5, 0.6) is 0 Å². The van der Waals surface area contributed by atoms with Crippen LogP contribution in [0.15, 0.2) is 24.3 Å². The van der Waals surface area contributed by atoms with Crippen LogP contribution < -0.4 is 0 Å². The predicted octanol–water partition coefficient (Wildman–Crippen LogP) is 0.808. The molecule has 3 heterocycles. The van der Waals surface area contributed by atoms with Gasteiger partial charge < -0.3 is 9.64 Å². The largest absolute Gasteiger partial charge is 0.374 e. The Balaban J connectivity index is 1.51. The van der Waals surface area contributed by atoms with E-state index in [0.29, 0.717) is 25.5 Å². The molecule has 0 bridgehead atoms. The lowest BCUT2D eigenvalue weighted by molar-refractivity contribution is -0.127. The van der Waals surface area contributed by atoms with Crippen molar-refractivity contribution in [1.29, 1.82) is 1.34 Å². The lowest BCUT2D eigenvalue weighted by Crippen LogP contribution is -2.31. The standard InChI is InChI=1S/C13H15BN5O2S/c14-5-6-19-9(1-4-12(19)20)7-21-8-10-2-3-11(22-10)13-15-17-18-16-13/h2-3,5-6,9,14H,1,4,7-8H2,(H,15,16,17,18)/i14D. The molecule has 0 spiro atoms. The second-order valence-electron chi connectivity index (χ2n) is 4.85. The van der Waals surface area contributed by atoms with E-state index in [1.54, 1.807) is 28.4 Å². The smallest absolute Gasteiger partial charge is 0.226 e. The van der Waals surface area contributed by atoms with E-state index in [2.05, 4.69) is 20.6 Å². The average Bonchev–Trinajstić information content (AvgIpc) is 3.27. The molecular weight excluding hydrogens is 301 g/mol. The van der Waals surface area contributed by atoms with E-state index in [9.17, 15) is 4.79 Å². The minimum Gasteiger partial charge on any atom is -0.374 e. The van der Waals surface area contributed by atoms with Crippen LogP contribution in [0.2, 0.25) is 0 Å². The lowest BCUT2D eigenvalue weighted by Gasteiger charge is -2.20. The van der Waals surface area contributed by atoms with Gasteiger partial charge in [0, 0.05) is 11.3 Å². The number of hydrogen-bond donors (Lipinski definition) is 1. The zero-order chi connectivity index (χ0) is 16.1. The number of carbonyl (C=O) groups is 1. The highest BCUT2D eigenvalue weighted by molar-refractivity contribution is 7.15. The molecule has 1 aliphatic heterocycles. The molecule has 3 rings (SSSR count). The number of hydrogen-bond acceptors (Lipinski definition) is 6. The Morgan fingerprint density at radius 3 is 3.41 bits per heavy atom. The Morgan fingerprint density at radius 1 is 1.64 bits per heavy atom. The van der Waals surface area contributed by atoms with Crippen molar-refractivity contribution < 1.29 is 9.53 Å². The highest BCUT2D eigenvalue weighted by atomic mass is 32.1. The van der Waals surface area contributed by atoms with Gasteiger partial charge in [-0.1, -0.05) is 0 Å². The van der Waals surface area contributed by atoms with Crippen LogP contribution in [0, 0.1) is 0 Å². The van der Waals surface area contributed by atoms with Gasteiger partial charge in [-0.25, -0.2) is 0 Å². The summed E-state index contributed by atoms with van der Waals surface area (Å²) in [7, 11) is 1.16. The van der Waals surface area contributed by atoms with Gasteiger partial charge in [-0.05, 0) is 31.3 Å². The molecule has 0 aliphatic carbocycles. The van der Waals surface area contributed by atoms with Crippen molar-refractivity contribution in [1.82, 2.24) is 25.5 Å². The van der Waals surface area contributed by atoms with Crippen molar-refractivity contribution >= 4 is 25.1 Å². The third-order valence-corrected chi connectivity index (χ3v) is 4.46. The summed E-state index contributed by atoms with van der Waals surface area (Å²) in [6.07, 6.45) is 2.95. The first-order chi connectivity index (χ1) is 11.3. The number of rotatable bonds is 7. The average molecular weight is 317 g/mol. The normalized spacial score (nSPS) is 19.1. The Morgan fingerprint density at radius 2 is 2.59 bits per heavy atom. The van der Waals surface area contributed by atoms with Gasteiger partial charge in [0.1, 0.15) is 7.81 Å². The zero-order valence-corrected chi connectivity index (χ0v) is 12.6. The topological polar surface area (TPSA) is 84.0 Å². The highest BCUT2D eigenvalue weighted by Crippen LogP contribution is 2.25. The molecule has 1 aliphatic rings. The van der Waals surface area contributed by atoms with E-state index >= 15 is 0 Å². The van der Waals surface area contributed by atoms with Crippen molar-refractivity contribution in [2.45, 2.75) is 25.5 Å². The molecule has 1 amide bonds. The maximum atomic E-state index is 11.8. The third-order valence-electron chi connectivity index (χ3n) is 3.40. The third kappa shape index (κ3) is 3.25. The molecule has 22 heavy (non-hydrogen) atoms. The summed E-state index contributed by atoms with van der Waals surface area (Å²) in [5, 5.41) is 13.9. The van der Waals surface area contributed by atoms with Gasteiger partial charge in [-0.3, -0.25) is 4.79 Å². The molecule has 1 fully saturated rings. The van der Waals surface area contributed by atoms with Crippen molar-refractivity contribution in [3.63, 3.8) is 0 Å². The number of tetrazole rings is 1. The summed E-state index contributed by atoms with van der Waals surface area (Å²) in [5.74, 6) is 2.20. The quantitative estimate of drug-likeness (QED) is 0.764. The van der Waals surface area contributed by atoms with Crippen molar-refractivity contribution in [3.05, 3.63) is 29.2 Å². The second-order valence-corrected chi connectivity index (χ2v) is 6.02. The lowest BCUT2D eigenvalue weighted by atomic mass is 10.1. The molecule has 113 valence electrons. The second kappa shape index (κ2) is 6.84. The number of H-pyrrole nitrogens is 1. The Kier molecular flexibility index (Phi) is 4.25. The van der Waals surface area contributed by atoms with Gasteiger partial charge >= 0.3 is 0 Å². The molecule has 1 saturated heterocycles. The minimum atomic E-state index is 0.0374. The van der Waals surface area contributed by atoms with Crippen LogP contribution in [-0.4, -0.2) is 53.2 Å². The van der Waals surface area contributed by atoms with Crippen LogP contribution in [0.3, 0.4) is 0 Å². The van der Waals surface area contributed by atoms with E-state index in [1.807, 2.05) is 12.1 Å². The zero-order valence-electron chi connectivity index (χ0n) is 12.8. The summed E-state index contributed by atoms with van der Waals surface area (Å²) in [6.45, 7) is 0.957. The molecule has 2 aromatic rings. The number of nitrogens with one attached hydrogen (secondary N) is 1. The Hall–Kier alpha value is -2.00. The molecule has 1 radical (unpaired) electrons. The van der Waals surface area contributed by atoms with Gasteiger partial charge in [0.15, 0.2) is 0 Å². The number of likely N-dealkylation sites (tertiary alicyclic amines) is 1. The molecule has 0 aromatic carbocycles. The van der Waals surface area contributed by atoms with E-state index in [0.717, 1.165) is 24.0 Å². The number of carbonyl (C=O) groups excluding carboxylic acids is 1. The number of aromatic amines is 1. The highest BCUT2D eigenvalue weighted by Gasteiger charge is 2.29. The SMILES string of the molecule is [2H][B]C=CN1C(=O)CCC1COCc1ccc(-c2nn[nH]n2)s1. The van der Waals surface area contributed by atoms with Crippen LogP contribution >= 0.6 is 11.3 Å². The monoisotopic (exact) mass is 317 g/mol. The summed E-state index contributed by atoms with van der Waals surface area (Å²) in [5.41, 5.74) is 0. The van der Waals surface area contributed by atoms with Gasteiger partial charge in [0.05, 0.1) is 24.1 Å². The summed E-state index contributed by atoms with van der Waals surface area (Å²) in [6, 6.07) is 3.95. The number of thiophene rings is 1. The fourth-order valence-corrected chi connectivity index (χ4v) is 3.24. The van der Waals surface area contributed by atoms with Crippen LogP contribution in [0.4, 0.5) is 0 Å². The molecule has 9 heteroatoms. The summed E-state index contributed by atoms with van der Waals surface area (Å²) >= 11 is 1.55. The van der Waals surface area contributed by atoms with Crippen molar-refractivity contribution in [2.75, 3.05) is 6.61 Å². The number of nitrogens with zero attached hydrogens (tertiary/aromatic N) is 4.